The van der Waals surface area contributed by atoms with E-state index < -0.39 is 24.8 Å². The number of hydrogen-bond donors (Lipinski definition) is 1. The molecule has 1 rings (SSSR count). The van der Waals surface area contributed by atoms with Crippen LogP contribution in [-0.2, 0) is 19.1 Å². The zero-order valence-electron chi connectivity index (χ0n) is 8.73. The monoisotopic (exact) mass is 439 g/mol. The van der Waals surface area contributed by atoms with Gasteiger partial charge in [-0.25, -0.2) is 21.6 Å². The third kappa shape index (κ3) is 5.14. The van der Waals surface area contributed by atoms with Crippen molar-refractivity contribution in [2.45, 2.75) is 4.90 Å². The molecule has 102 valence electrons. The Kier molecular flexibility index (Phi) is 5.63. The highest BCUT2D eigenvalue weighted by Gasteiger charge is 2.18. The molecule has 0 radical (unpaired) electrons. The highest BCUT2D eigenvalue weighted by Crippen LogP contribution is 2.25. The number of hydrogen-bond acceptors (Lipinski definition) is 4. The third-order valence-corrected chi connectivity index (χ3v) is 5.92. The van der Waals surface area contributed by atoms with Gasteiger partial charge in [-0.05, 0) is 34.1 Å². The summed E-state index contributed by atoms with van der Waals surface area (Å²) in [6.45, 7) is -0.285. The molecular formula is C8H8Br2ClNO4S2. The predicted octanol–water partition coefficient (Wildman–Crippen LogP) is 2.06. The van der Waals surface area contributed by atoms with Crippen molar-refractivity contribution in [1.82, 2.24) is 4.72 Å². The molecule has 18 heavy (non-hydrogen) atoms. The van der Waals surface area contributed by atoms with Gasteiger partial charge in [-0.2, -0.15) is 0 Å². The van der Waals surface area contributed by atoms with Crippen molar-refractivity contribution in [2.75, 3.05) is 12.3 Å². The van der Waals surface area contributed by atoms with Crippen LogP contribution < -0.4 is 4.72 Å². The molecule has 0 heterocycles. The van der Waals surface area contributed by atoms with Crippen LogP contribution in [0.4, 0.5) is 0 Å². The summed E-state index contributed by atoms with van der Waals surface area (Å²) in [4.78, 5) is 0.0174. The molecule has 0 aromatic heterocycles. The molecule has 0 aliphatic carbocycles. The summed E-state index contributed by atoms with van der Waals surface area (Å²) in [7, 11) is -2.52. The smallest absolute Gasteiger partial charge is 0.212 e. The van der Waals surface area contributed by atoms with Crippen LogP contribution in [0.3, 0.4) is 0 Å². The van der Waals surface area contributed by atoms with Crippen LogP contribution in [0, 0.1) is 0 Å². The standard InChI is InChI=1S/C8H8Br2ClNO4S2/c9-6-1-2-7(10)8(5-6)18(15,16)12-3-4-17(11,13)14/h1-2,5,12H,3-4H2. The Labute approximate surface area is 127 Å². The van der Waals surface area contributed by atoms with Crippen LogP contribution in [0.25, 0.3) is 0 Å². The molecule has 0 aliphatic rings. The maximum atomic E-state index is 11.9. The van der Waals surface area contributed by atoms with Crippen LogP contribution in [0.1, 0.15) is 0 Å². The lowest BCUT2D eigenvalue weighted by Crippen LogP contribution is -2.28. The minimum atomic E-state index is -3.79. The molecule has 0 aliphatic heterocycles. The predicted molar refractivity (Wildman–Crippen MR) is 76.7 cm³/mol. The minimum Gasteiger partial charge on any atom is -0.212 e. The van der Waals surface area contributed by atoms with Gasteiger partial charge in [-0.1, -0.05) is 15.9 Å². The van der Waals surface area contributed by atoms with E-state index in [0.29, 0.717) is 8.95 Å². The molecule has 1 aromatic carbocycles. The summed E-state index contributed by atoms with van der Waals surface area (Å²) < 4.78 is 48.3. The first-order valence-corrected chi connectivity index (χ1v) is 10.0. The average molecular weight is 442 g/mol. The Bertz CT molecular complexity index is 645. The van der Waals surface area contributed by atoms with Crippen LogP contribution >= 0.6 is 42.5 Å². The van der Waals surface area contributed by atoms with Gasteiger partial charge >= 0.3 is 0 Å². The minimum absolute atomic E-state index is 0.0174. The normalized spacial score (nSPS) is 12.6. The highest BCUT2D eigenvalue weighted by atomic mass is 79.9. The lowest BCUT2D eigenvalue weighted by molar-refractivity contribution is 0.582. The second-order valence-electron chi connectivity index (χ2n) is 3.22. The van der Waals surface area contributed by atoms with Crippen LogP contribution in [0.5, 0.6) is 0 Å². The molecule has 1 aromatic rings. The van der Waals surface area contributed by atoms with Crippen molar-refractivity contribution in [3.05, 3.63) is 27.1 Å². The molecule has 0 amide bonds. The molecule has 5 nitrogen and oxygen atoms in total. The first-order chi connectivity index (χ1) is 8.12. The lowest BCUT2D eigenvalue weighted by Gasteiger charge is -2.08. The first kappa shape index (κ1) is 16.4. The van der Waals surface area contributed by atoms with E-state index in [-0.39, 0.29) is 11.4 Å². The Balaban J connectivity index is 2.90. The van der Waals surface area contributed by atoms with E-state index in [2.05, 4.69) is 36.6 Å². The maximum Gasteiger partial charge on any atom is 0.241 e. The molecule has 0 fully saturated rings. The number of rotatable bonds is 5. The highest BCUT2D eigenvalue weighted by molar-refractivity contribution is 9.11. The van der Waals surface area contributed by atoms with Crippen molar-refractivity contribution < 1.29 is 16.8 Å². The summed E-state index contributed by atoms with van der Waals surface area (Å²) >= 11 is 6.27. The Hall–Kier alpha value is 0.330. The van der Waals surface area contributed by atoms with Gasteiger partial charge < -0.3 is 0 Å². The summed E-state index contributed by atoms with van der Waals surface area (Å²) in [6.07, 6.45) is 0. The zero-order chi connectivity index (χ0) is 14.0. The quantitative estimate of drug-likeness (QED) is 0.710. The van der Waals surface area contributed by atoms with Gasteiger partial charge in [0.25, 0.3) is 0 Å². The van der Waals surface area contributed by atoms with E-state index in [9.17, 15) is 16.8 Å². The fraction of sp³-hybridized carbons (Fsp3) is 0.250. The molecule has 0 bridgehead atoms. The van der Waals surface area contributed by atoms with Gasteiger partial charge in [0, 0.05) is 26.2 Å². The van der Waals surface area contributed by atoms with Crippen molar-refractivity contribution in [3.8, 4) is 0 Å². The SMILES string of the molecule is O=S(=O)(Cl)CCNS(=O)(=O)c1cc(Br)ccc1Br. The van der Waals surface area contributed by atoms with Gasteiger partial charge in [0.2, 0.25) is 19.1 Å². The van der Waals surface area contributed by atoms with Crippen LogP contribution in [0.2, 0.25) is 0 Å². The molecule has 0 unspecified atom stereocenters. The maximum absolute atomic E-state index is 11.9. The Morgan fingerprint density at radius 3 is 2.33 bits per heavy atom. The molecule has 10 heteroatoms. The van der Waals surface area contributed by atoms with Crippen molar-refractivity contribution in [3.63, 3.8) is 0 Å². The van der Waals surface area contributed by atoms with E-state index in [0.717, 1.165) is 0 Å². The second kappa shape index (κ2) is 6.19. The number of benzene rings is 1. The third-order valence-electron chi connectivity index (χ3n) is 1.82. The van der Waals surface area contributed by atoms with Gasteiger partial charge in [0.15, 0.2) is 0 Å². The summed E-state index contributed by atoms with van der Waals surface area (Å²) in [5, 5.41) is 0. The van der Waals surface area contributed by atoms with Gasteiger partial charge in [0.1, 0.15) is 0 Å². The van der Waals surface area contributed by atoms with Crippen LogP contribution in [-0.4, -0.2) is 29.1 Å². The van der Waals surface area contributed by atoms with E-state index in [4.69, 9.17) is 10.7 Å². The summed E-state index contributed by atoms with van der Waals surface area (Å²) in [5.41, 5.74) is 0. The summed E-state index contributed by atoms with van der Waals surface area (Å²) in [5.74, 6) is -0.473. The number of sulfonamides is 1. The van der Waals surface area contributed by atoms with E-state index in [1.807, 2.05) is 0 Å². The second-order valence-corrected chi connectivity index (χ2v) is 9.62. The largest absolute Gasteiger partial charge is 0.241 e. The Morgan fingerprint density at radius 1 is 1.17 bits per heavy atom. The topological polar surface area (TPSA) is 80.3 Å². The molecule has 0 atom stereocenters. The molecular weight excluding hydrogens is 433 g/mol. The fourth-order valence-corrected chi connectivity index (χ4v) is 4.30. The van der Waals surface area contributed by atoms with E-state index in [1.165, 1.54) is 6.07 Å². The fourth-order valence-electron chi connectivity index (χ4n) is 1.06. The van der Waals surface area contributed by atoms with Crippen molar-refractivity contribution in [2.24, 2.45) is 0 Å². The number of halogens is 3. The van der Waals surface area contributed by atoms with Gasteiger partial charge in [0.05, 0.1) is 10.6 Å². The molecule has 0 saturated heterocycles. The summed E-state index contributed by atoms with van der Waals surface area (Å²) in [6, 6.07) is 4.64. The van der Waals surface area contributed by atoms with Crippen molar-refractivity contribution >= 4 is 61.6 Å². The zero-order valence-corrected chi connectivity index (χ0v) is 14.3. The van der Waals surface area contributed by atoms with Gasteiger partial charge in [-0.3, -0.25) is 0 Å². The lowest BCUT2D eigenvalue weighted by atomic mass is 10.4. The van der Waals surface area contributed by atoms with Gasteiger partial charge in [-0.15, -0.1) is 0 Å². The van der Waals surface area contributed by atoms with Crippen molar-refractivity contribution in [1.29, 1.82) is 0 Å². The van der Waals surface area contributed by atoms with E-state index >= 15 is 0 Å². The molecule has 1 N–H and O–H groups in total. The first-order valence-electron chi connectivity index (χ1n) is 4.49. The molecule has 0 spiro atoms. The average Bonchev–Trinajstić information content (AvgIpc) is 2.19. The number of nitrogens with one attached hydrogen (secondary N) is 1. The van der Waals surface area contributed by atoms with E-state index in [1.54, 1.807) is 12.1 Å². The molecule has 0 saturated carbocycles. The Morgan fingerprint density at radius 2 is 1.78 bits per heavy atom. The van der Waals surface area contributed by atoms with Crippen LogP contribution in [0.15, 0.2) is 32.0 Å².